The van der Waals surface area contributed by atoms with Crippen molar-refractivity contribution < 1.29 is 9.94 Å². The van der Waals surface area contributed by atoms with E-state index in [-0.39, 0.29) is 5.84 Å². The Kier molecular flexibility index (Phi) is 4.70. The van der Waals surface area contributed by atoms with Crippen molar-refractivity contribution in [2.45, 2.75) is 20.0 Å². The normalized spacial score (nSPS) is 11.7. The fourth-order valence-corrected chi connectivity index (χ4v) is 2.17. The number of aromatic nitrogens is 2. The first-order chi connectivity index (χ1) is 10.0. The Morgan fingerprint density at radius 1 is 1.43 bits per heavy atom. The number of amidine groups is 1. The summed E-state index contributed by atoms with van der Waals surface area (Å²) in [5, 5.41) is 16.3. The van der Waals surface area contributed by atoms with E-state index >= 15 is 0 Å². The predicted molar refractivity (Wildman–Crippen MR) is 80.8 cm³/mol. The van der Waals surface area contributed by atoms with Crippen molar-refractivity contribution in [3.63, 3.8) is 0 Å². The number of aryl methyl sites for hydroxylation is 2. The Bertz CT molecular complexity index is 650. The summed E-state index contributed by atoms with van der Waals surface area (Å²) in [7, 11) is 1.79. The van der Waals surface area contributed by atoms with Gasteiger partial charge in [-0.25, -0.2) is 0 Å². The molecular formula is C14H17ClN4O2. The second kappa shape index (κ2) is 6.49. The van der Waals surface area contributed by atoms with Gasteiger partial charge in [0.2, 0.25) is 0 Å². The van der Waals surface area contributed by atoms with Crippen LogP contribution in [0.1, 0.15) is 16.8 Å². The Morgan fingerprint density at radius 3 is 2.62 bits per heavy atom. The van der Waals surface area contributed by atoms with Gasteiger partial charge in [0.25, 0.3) is 0 Å². The molecule has 0 saturated carbocycles. The number of oxime groups is 1. The molecular weight excluding hydrogens is 292 g/mol. The summed E-state index contributed by atoms with van der Waals surface area (Å²) in [6.45, 7) is 2.25. The molecule has 1 aromatic carbocycles. The van der Waals surface area contributed by atoms with Crippen molar-refractivity contribution in [3.8, 4) is 5.75 Å². The molecule has 7 heteroatoms. The van der Waals surface area contributed by atoms with Crippen molar-refractivity contribution in [1.82, 2.24) is 9.78 Å². The van der Waals surface area contributed by atoms with E-state index in [1.807, 2.05) is 31.2 Å². The maximum atomic E-state index is 8.53. The average molecular weight is 309 g/mol. The predicted octanol–water partition coefficient (Wildman–Crippen LogP) is 2.25. The lowest BCUT2D eigenvalue weighted by molar-refractivity contribution is 0.305. The first-order valence-electron chi connectivity index (χ1n) is 6.37. The van der Waals surface area contributed by atoms with Crippen molar-refractivity contribution in [1.29, 1.82) is 0 Å². The zero-order valence-electron chi connectivity index (χ0n) is 11.9. The molecule has 0 bridgehead atoms. The van der Waals surface area contributed by atoms with E-state index in [9.17, 15) is 0 Å². The highest BCUT2D eigenvalue weighted by Gasteiger charge is 2.11. The number of halogens is 1. The van der Waals surface area contributed by atoms with Gasteiger partial charge in [0.1, 0.15) is 23.3 Å². The molecule has 0 fully saturated rings. The summed E-state index contributed by atoms with van der Waals surface area (Å²) < 4.78 is 7.33. The summed E-state index contributed by atoms with van der Waals surface area (Å²) >= 11 is 6.15. The van der Waals surface area contributed by atoms with Gasteiger partial charge < -0.3 is 15.7 Å². The standard InChI is InChI=1S/C14H17ClN4O2/c1-9-12(14(15)19(2)17-9)8-21-11-5-3-10(4-6-11)7-13(16)18-20/h3-6,20H,7-8H2,1-2H3,(H2,16,18). The molecule has 0 atom stereocenters. The van der Waals surface area contributed by atoms with Crippen molar-refractivity contribution in [2.24, 2.45) is 17.9 Å². The molecule has 0 unspecified atom stereocenters. The maximum Gasteiger partial charge on any atom is 0.143 e. The molecule has 0 radical (unpaired) electrons. The molecule has 0 spiro atoms. The third kappa shape index (κ3) is 3.66. The number of rotatable bonds is 5. The van der Waals surface area contributed by atoms with Crippen LogP contribution in [0.2, 0.25) is 5.15 Å². The summed E-state index contributed by atoms with van der Waals surface area (Å²) in [4.78, 5) is 0. The lowest BCUT2D eigenvalue weighted by Gasteiger charge is -2.07. The van der Waals surface area contributed by atoms with Crippen LogP contribution < -0.4 is 10.5 Å². The minimum atomic E-state index is 0.168. The van der Waals surface area contributed by atoms with Crippen LogP contribution in [0, 0.1) is 6.92 Å². The van der Waals surface area contributed by atoms with Crippen LogP contribution in [0.5, 0.6) is 5.75 Å². The molecule has 0 amide bonds. The molecule has 0 aliphatic heterocycles. The van der Waals surface area contributed by atoms with Gasteiger partial charge in [-0.3, -0.25) is 4.68 Å². The van der Waals surface area contributed by atoms with Crippen molar-refractivity contribution in [3.05, 3.63) is 46.2 Å². The summed E-state index contributed by atoms with van der Waals surface area (Å²) in [6.07, 6.45) is 0.393. The molecule has 3 N–H and O–H groups in total. The Balaban J connectivity index is 2.01. The minimum Gasteiger partial charge on any atom is -0.489 e. The Labute approximate surface area is 127 Å². The highest BCUT2D eigenvalue weighted by Crippen LogP contribution is 2.21. The maximum absolute atomic E-state index is 8.53. The quantitative estimate of drug-likeness (QED) is 0.384. The number of ether oxygens (including phenoxy) is 1. The minimum absolute atomic E-state index is 0.168. The third-order valence-electron chi connectivity index (χ3n) is 3.09. The molecule has 2 aromatic rings. The van der Waals surface area contributed by atoms with Crippen LogP contribution >= 0.6 is 11.6 Å². The van der Waals surface area contributed by atoms with E-state index in [4.69, 9.17) is 27.3 Å². The molecule has 112 valence electrons. The van der Waals surface area contributed by atoms with E-state index in [0.29, 0.717) is 18.2 Å². The fraction of sp³-hybridized carbons (Fsp3) is 0.286. The first-order valence-corrected chi connectivity index (χ1v) is 6.75. The average Bonchev–Trinajstić information content (AvgIpc) is 2.71. The van der Waals surface area contributed by atoms with Crippen LogP contribution in [-0.2, 0) is 20.1 Å². The van der Waals surface area contributed by atoms with Gasteiger partial charge in [0, 0.05) is 19.0 Å². The molecule has 0 saturated heterocycles. The smallest absolute Gasteiger partial charge is 0.143 e. The van der Waals surface area contributed by atoms with Gasteiger partial charge in [-0.15, -0.1) is 0 Å². The summed E-state index contributed by atoms with van der Waals surface area (Å²) in [6, 6.07) is 7.40. The van der Waals surface area contributed by atoms with Gasteiger partial charge in [-0.1, -0.05) is 28.9 Å². The second-order valence-corrected chi connectivity index (χ2v) is 5.04. The molecule has 0 aliphatic rings. The second-order valence-electron chi connectivity index (χ2n) is 4.68. The fourth-order valence-electron chi connectivity index (χ4n) is 1.94. The van der Waals surface area contributed by atoms with Crippen LogP contribution in [0.3, 0.4) is 0 Å². The Hall–Kier alpha value is -2.21. The highest BCUT2D eigenvalue weighted by atomic mass is 35.5. The molecule has 1 aromatic heterocycles. The van der Waals surface area contributed by atoms with Crippen LogP contribution in [0.4, 0.5) is 0 Å². The van der Waals surface area contributed by atoms with Crippen molar-refractivity contribution >= 4 is 17.4 Å². The lowest BCUT2D eigenvalue weighted by atomic mass is 10.1. The topological polar surface area (TPSA) is 85.7 Å². The lowest BCUT2D eigenvalue weighted by Crippen LogP contribution is -2.14. The van der Waals surface area contributed by atoms with Gasteiger partial charge in [-0.05, 0) is 24.6 Å². The SMILES string of the molecule is Cc1nn(C)c(Cl)c1COc1ccc(C/C(N)=N/O)cc1. The number of nitrogens with two attached hydrogens (primary N) is 1. The first kappa shape index (κ1) is 15.2. The van der Waals surface area contributed by atoms with Crippen LogP contribution in [0.25, 0.3) is 0 Å². The molecule has 21 heavy (non-hydrogen) atoms. The number of hydrogen-bond acceptors (Lipinski definition) is 4. The van der Waals surface area contributed by atoms with Gasteiger partial charge >= 0.3 is 0 Å². The van der Waals surface area contributed by atoms with Crippen LogP contribution in [-0.4, -0.2) is 20.8 Å². The molecule has 0 aliphatic carbocycles. The zero-order valence-corrected chi connectivity index (χ0v) is 12.6. The van der Waals surface area contributed by atoms with Gasteiger partial charge in [-0.2, -0.15) is 5.10 Å². The summed E-state index contributed by atoms with van der Waals surface area (Å²) in [5.74, 6) is 0.888. The van der Waals surface area contributed by atoms with Crippen molar-refractivity contribution in [2.75, 3.05) is 0 Å². The van der Waals surface area contributed by atoms with E-state index in [1.54, 1.807) is 11.7 Å². The van der Waals surface area contributed by atoms with Gasteiger partial charge in [0.15, 0.2) is 0 Å². The molecule has 6 nitrogen and oxygen atoms in total. The zero-order chi connectivity index (χ0) is 15.4. The van der Waals surface area contributed by atoms with Gasteiger partial charge in [0.05, 0.1) is 5.69 Å². The van der Waals surface area contributed by atoms with Crippen LogP contribution in [0.15, 0.2) is 29.4 Å². The summed E-state index contributed by atoms with van der Waals surface area (Å²) in [5.41, 5.74) is 8.12. The van der Waals surface area contributed by atoms with E-state index in [0.717, 1.165) is 22.6 Å². The highest BCUT2D eigenvalue weighted by molar-refractivity contribution is 6.30. The number of hydrogen-bond donors (Lipinski definition) is 2. The Morgan fingerprint density at radius 2 is 2.10 bits per heavy atom. The monoisotopic (exact) mass is 308 g/mol. The largest absolute Gasteiger partial charge is 0.489 e. The molecule has 1 heterocycles. The third-order valence-corrected chi connectivity index (χ3v) is 3.56. The van der Waals surface area contributed by atoms with E-state index in [1.165, 1.54) is 0 Å². The number of benzene rings is 1. The molecule has 2 rings (SSSR count). The van der Waals surface area contributed by atoms with E-state index < -0.39 is 0 Å². The van der Waals surface area contributed by atoms with E-state index in [2.05, 4.69) is 10.3 Å². The number of nitrogens with zero attached hydrogens (tertiary/aromatic N) is 3.